The summed E-state index contributed by atoms with van der Waals surface area (Å²) in [5.74, 6) is -1.15. The van der Waals surface area contributed by atoms with Crippen molar-refractivity contribution in [1.82, 2.24) is 4.98 Å². The van der Waals surface area contributed by atoms with Gasteiger partial charge in [0, 0.05) is 57.1 Å². The maximum absolute atomic E-state index is 14.2. The number of nitrogens with one attached hydrogen (secondary N) is 2. The summed E-state index contributed by atoms with van der Waals surface area (Å²) in [7, 11) is 2.82. The van der Waals surface area contributed by atoms with E-state index in [0.717, 1.165) is 0 Å². The molecule has 0 radical (unpaired) electrons. The molecule has 0 aliphatic rings. The predicted octanol–water partition coefficient (Wildman–Crippen LogP) is 7.43. The van der Waals surface area contributed by atoms with Gasteiger partial charge < -0.3 is 29.6 Å². The molecule has 1 heterocycles. The van der Waals surface area contributed by atoms with E-state index < -0.39 is 29.4 Å². The van der Waals surface area contributed by atoms with E-state index >= 15 is 0 Å². The normalized spacial score (nSPS) is 11.9. The summed E-state index contributed by atoms with van der Waals surface area (Å²) in [4.78, 5) is 16.7. The van der Waals surface area contributed by atoms with Crippen molar-refractivity contribution in [2.24, 2.45) is 0 Å². The molecule has 4 aromatic rings. The Balaban J connectivity index is 0.00000226. The fourth-order valence-corrected chi connectivity index (χ4v) is 4.28. The molecule has 0 aliphatic carbocycles. The largest absolute Gasteiger partial charge is 0.497 e. The summed E-state index contributed by atoms with van der Waals surface area (Å²) >= 11 is 6.12. The number of alkyl halides is 3. The number of aliphatic hydroxyl groups excluding tert-OH is 1. The zero-order chi connectivity index (χ0) is 30.3. The molecule has 1 atom stereocenters. The Morgan fingerprint density at radius 3 is 2.39 bits per heavy atom. The Morgan fingerprint density at radius 1 is 1.05 bits per heavy atom. The van der Waals surface area contributed by atoms with Crippen LogP contribution in [0.4, 0.5) is 23.2 Å². The fourth-order valence-electron chi connectivity index (χ4n) is 4.11. The smallest absolute Gasteiger partial charge is 0.419 e. The second-order valence-corrected chi connectivity index (χ2v) is 8.81. The van der Waals surface area contributed by atoms with Gasteiger partial charge in [-0.05, 0) is 24.3 Å². The second kappa shape index (κ2) is 13.6. The molecule has 0 saturated heterocycles. The number of hydrogen-bond acceptors (Lipinski definition) is 6. The Hall–Kier alpha value is -3.96. The number of carbonyl (C=O) groups is 1. The van der Waals surface area contributed by atoms with Gasteiger partial charge in [0.1, 0.15) is 35.7 Å². The SMILES string of the molecule is CC.COc1cc(NC(C(=O)c2c[nH]c3cc(F)c(C(F)(F)F)cc23)c2ccc(Cl)cc2OC)cc(OCCO)c1. The van der Waals surface area contributed by atoms with Gasteiger partial charge in [0.25, 0.3) is 0 Å². The molecular formula is C29H29ClF4N2O5. The summed E-state index contributed by atoms with van der Waals surface area (Å²) in [6, 6.07) is 9.41. The highest BCUT2D eigenvalue weighted by Crippen LogP contribution is 2.38. The summed E-state index contributed by atoms with van der Waals surface area (Å²) < 4.78 is 70.7. The van der Waals surface area contributed by atoms with E-state index in [1.165, 1.54) is 32.5 Å². The number of anilines is 1. The highest BCUT2D eigenvalue weighted by molar-refractivity contribution is 6.30. The third kappa shape index (κ3) is 7.22. The Morgan fingerprint density at radius 2 is 1.76 bits per heavy atom. The highest BCUT2D eigenvalue weighted by Gasteiger charge is 2.36. The number of aliphatic hydroxyl groups is 1. The average Bonchev–Trinajstić information content (AvgIpc) is 3.37. The first-order valence-electron chi connectivity index (χ1n) is 12.5. The molecule has 0 fully saturated rings. The lowest BCUT2D eigenvalue weighted by atomic mass is 9.95. The van der Waals surface area contributed by atoms with Crippen LogP contribution in [0.2, 0.25) is 5.02 Å². The summed E-state index contributed by atoms with van der Waals surface area (Å²) in [5.41, 5.74) is -0.883. The Bertz CT molecular complexity index is 1510. The van der Waals surface area contributed by atoms with E-state index in [9.17, 15) is 22.4 Å². The molecule has 3 N–H and O–H groups in total. The van der Waals surface area contributed by atoms with Crippen LogP contribution in [0.1, 0.15) is 41.4 Å². The maximum atomic E-state index is 14.2. The number of ether oxygens (including phenoxy) is 3. The van der Waals surface area contributed by atoms with Crippen molar-refractivity contribution in [3.05, 3.63) is 82.3 Å². The van der Waals surface area contributed by atoms with Crippen LogP contribution >= 0.6 is 11.6 Å². The summed E-state index contributed by atoms with van der Waals surface area (Å²) in [6.45, 7) is 3.78. The third-order valence-electron chi connectivity index (χ3n) is 5.90. The number of Topliss-reactive ketones (excluding diaryl/α,β-unsaturated/α-hetero) is 1. The second-order valence-electron chi connectivity index (χ2n) is 8.37. The number of aromatic nitrogens is 1. The van der Waals surface area contributed by atoms with Crippen LogP contribution in [0.25, 0.3) is 10.9 Å². The molecule has 3 aromatic carbocycles. The number of methoxy groups -OCH3 is 2. The molecule has 1 aromatic heterocycles. The third-order valence-corrected chi connectivity index (χ3v) is 6.13. The van der Waals surface area contributed by atoms with E-state index in [2.05, 4.69) is 10.3 Å². The minimum atomic E-state index is -4.96. The van der Waals surface area contributed by atoms with E-state index in [0.29, 0.717) is 39.9 Å². The van der Waals surface area contributed by atoms with Gasteiger partial charge in [-0.25, -0.2) is 4.39 Å². The van der Waals surface area contributed by atoms with E-state index in [4.69, 9.17) is 30.9 Å². The van der Waals surface area contributed by atoms with Gasteiger partial charge in [-0.15, -0.1) is 0 Å². The Labute approximate surface area is 239 Å². The van der Waals surface area contributed by atoms with Crippen LogP contribution < -0.4 is 19.5 Å². The van der Waals surface area contributed by atoms with Crippen molar-refractivity contribution in [2.75, 3.05) is 32.8 Å². The lowest BCUT2D eigenvalue weighted by Gasteiger charge is -2.22. The number of ketones is 1. The molecule has 0 spiro atoms. The fraction of sp³-hybridized carbons (Fsp3) is 0.276. The zero-order valence-corrected chi connectivity index (χ0v) is 23.4. The van der Waals surface area contributed by atoms with Crippen LogP contribution in [0.15, 0.2) is 54.7 Å². The van der Waals surface area contributed by atoms with Crippen LogP contribution in [-0.4, -0.2) is 43.3 Å². The number of halogens is 5. The van der Waals surface area contributed by atoms with E-state index in [1.807, 2.05) is 13.8 Å². The number of aromatic amines is 1. The molecule has 0 aliphatic heterocycles. The topological polar surface area (TPSA) is 92.8 Å². The predicted molar refractivity (Wildman–Crippen MR) is 149 cm³/mol. The van der Waals surface area contributed by atoms with Gasteiger partial charge in [-0.2, -0.15) is 13.2 Å². The number of rotatable bonds is 10. The van der Waals surface area contributed by atoms with Gasteiger partial charge in [0.2, 0.25) is 0 Å². The van der Waals surface area contributed by atoms with Gasteiger partial charge in [0.15, 0.2) is 5.78 Å². The number of carbonyl (C=O) groups excluding carboxylic acids is 1. The van der Waals surface area contributed by atoms with Gasteiger partial charge >= 0.3 is 6.18 Å². The van der Waals surface area contributed by atoms with Gasteiger partial charge in [-0.1, -0.05) is 31.5 Å². The minimum Gasteiger partial charge on any atom is -0.497 e. The van der Waals surface area contributed by atoms with Crippen molar-refractivity contribution in [3.8, 4) is 17.2 Å². The van der Waals surface area contributed by atoms with Crippen LogP contribution in [0.5, 0.6) is 17.2 Å². The number of hydrogen-bond donors (Lipinski definition) is 3. The first kappa shape index (κ1) is 31.6. The van der Waals surface area contributed by atoms with Gasteiger partial charge in [-0.3, -0.25) is 4.79 Å². The first-order valence-corrected chi connectivity index (χ1v) is 12.9. The van der Waals surface area contributed by atoms with Crippen LogP contribution in [-0.2, 0) is 6.18 Å². The maximum Gasteiger partial charge on any atom is 0.419 e. The van der Waals surface area contributed by atoms with E-state index in [1.54, 1.807) is 24.3 Å². The number of H-pyrrole nitrogens is 1. The van der Waals surface area contributed by atoms with Crippen molar-refractivity contribution in [1.29, 1.82) is 0 Å². The number of fused-ring (bicyclic) bond motifs is 1. The highest BCUT2D eigenvalue weighted by atomic mass is 35.5. The van der Waals surface area contributed by atoms with Crippen molar-refractivity contribution in [2.45, 2.75) is 26.1 Å². The molecule has 7 nitrogen and oxygen atoms in total. The summed E-state index contributed by atoms with van der Waals surface area (Å²) in [6.07, 6.45) is -3.73. The van der Waals surface area contributed by atoms with E-state index in [-0.39, 0.29) is 35.4 Å². The molecule has 41 heavy (non-hydrogen) atoms. The molecule has 220 valence electrons. The van der Waals surface area contributed by atoms with Gasteiger partial charge in [0.05, 0.1) is 26.4 Å². The lowest BCUT2D eigenvalue weighted by molar-refractivity contribution is -0.139. The first-order chi connectivity index (χ1) is 19.5. The molecule has 12 heteroatoms. The molecule has 0 bridgehead atoms. The van der Waals surface area contributed by atoms with Crippen LogP contribution in [0.3, 0.4) is 0 Å². The molecule has 0 amide bonds. The molecule has 4 rings (SSSR count). The summed E-state index contributed by atoms with van der Waals surface area (Å²) in [5, 5.41) is 12.4. The number of benzene rings is 3. The quantitative estimate of drug-likeness (QED) is 0.130. The monoisotopic (exact) mass is 596 g/mol. The van der Waals surface area contributed by atoms with Crippen molar-refractivity contribution < 1.29 is 41.7 Å². The zero-order valence-electron chi connectivity index (χ0n) is 22.7. The average molecular weight is 597 g/mol. The lowest BCUT2D eigenvalue weighted by Crippen LogP contribution is -2.22. The van der Waals surface area contributed by atoms with Crippen molar-refractivity contribution in [3.63, 3.8) is 0 Å². The molecule has 1 unspecified atom stereocenters. The standard InChI is InChI=1S/C27H23ClF4N2O5.C2H6/c1-37-16-8-15(9-17(10-16)39-6-5-35)34-25(18-4-3-14(28)7-24(18)38-2)26(36)20-13-33-23-12-22(29)21(11-19(20)23)27(30,31)32;1-2/h3-4,7-13,25,33-35H,5-6H2,1-2H3;1-2H3. The van der Waals surface area contributed by atoms with Crippen molar-refractivity contribution >= 4 is 34.0 Å². The minimum absolute atomic E-state index is 0.00735. The van der Waals surface area contributed by atoms with Crippen LogP contribution in [0, 0.1) is 5.82 Å². The Kier molecular flexibility index (Phi) is 10.5. The molecule has 0 saturated carbocycles. The molecular weight excluding hydrogens is 568 g/mol.